The van der Waals surface area contributed by atoms with E-state index in [0.29, 0.717) is 6.42 Å². The topological polar surface area (TPSA) is 76.4 Å². The molecule has 1 unspecified atom stereocenters. The number of amides is 1. The number of carbonyl (C=O) groups is 1. The van der Waals surface area contributed by atoms with Crippen molar-refractivity contribution in [2.75, 3.05) is 18.8 Å². The number of nitrogen functional groups attached to an aromatic ring is 1. The predicted octanol–water partition coefficient (Wildman–Crippen LogP) is 2.61. The van der Waals surface area contributed by atoms with E-state index >= 15 is 0 Å². The summed E-state index contributed by atoms with van der Waals surface area (Å²) < 4.78 is 6.12. The Morgan fingerprint density at radius 1 is 1.33 bits per heavy atom. The van der Waals surface area contributed by atoms with Crippen LogP contribution in [0.2, 0.25) is 0 Å². The number of piperidine rings is 1. The molecular weight excluding hydrogens is 302 g/mol. The van der Waals surface area contributed by atoms with Gasteiger partial charge < -0.3 is 21.1 Å². The zero-order valence-electron chi connectivity index (χ0n) is 15.4. The van der Waals surface area contributed by atoms with E-state index in [4.69, 9.17) is 10.5 Å². The van der Waals surface area contributed by atoms with Crippen molar-refractivity contribution in [3.63, 3.8) is 0 Å². The molecule has 1 saturated heterocycles. The maximum Gasteiger partial charge on any atom is 0.261 e. The van der Waals surface area contributed by atoms with Gasteiger partial charge in [0.05, 0.1) is 0 Å². The molecule has 0 aliphatic carbocycles. The maximum absolute atomic E-state index is 12.7. The highest BCUT2D eigenvalue weighted by atomic mass is 16.5. The first-order valence-electron chi connectivity index (χ1n) is 8.98. The molecular formula is C19H31N3O2. The molecule has 1 fully saturated rings. The molecule has 1 aliphatic heterocycles. The number of hydrogen-bond acceptors (Lipinski definition) is 4. The zero-order valence-corrected chi connectivity index (χ0v) is 15.4. The summed E-state index contributed by atoms with van der Waals surface area (Å²) in [6.07, 6.45) is 3.11. The number of carbonyl (C=O) groups excluding carboxylic acids is 1. The van der Waals surface area contributed by atoms with Crippen LogP contribution in [0.5, 0.6) is 5.75 Å². The van der Waals surface area contributed by atoms with E-state index < -0.39 is 6.10 Å². The molecule has 0 bridgehead atoms. The van der Waals surface area contributed by atoms with Crippen LogP contribution in [0.3, 0.4) is 0 Å². The van der Waals surface area contributed by atoms with Gasteiger partial charge in [0.1, 0.15) is 5.75 Å². The van der Waals surface area contributed by atoms with Gasteiger partial charge in [0.25, 0.3) is 5.91 Å². The standard InChI is InChI=1S/C19H31N3O2/c1-5-6-16(19(23)22-15-7-9-21-10-8-15)24-17-11-12(2)18(20)14(4)13(17)3/h11,15-16,21H,5-10,20H2,1-4H3,(H,22,23). The molecule has 134 valence electrons. The first-order valence-corrected chi connectivity index (χ1v) is 8.98. The summed E-state index contributed by atoms with van der Waals surface area (Å²) in [7, 11) is 0. The third-order valence-corrected chi connectivity index (χ3v) is 4.91. The number of benzene rings is 1. The summed E-state index contributed by atoms with van der Waals surface area (Å²) in [5, 5.41) is 6.47. The lowest BCUT2D eigenvalue weighted by Gasteiger charge is -2.27. The second-order valence-corrected chi connectivity index (χ2v) is 6.78. The van der Waals surface area contributed by atoms with E-state index in [1.807, 2.05) is 26.8 Å². The van der Waals surface area contributed by atoms with Crippen LogP contribution in [-0.4, -0.2) is 31.1 Å². The SMILES string of the molecule is CCCC(Oc1cc(C)c(N)c(C)c1C)C(=O)NC1CCNCC1. The number of hydrogen-bond donors (Lipinski definition) is 3. The summed E-state index contributed by atoms with van der Waals surface area (Å²) in [4.78, 5) is 12.7. The molecule has 1 amide bonds. The molecule has 5 nitrogen and oxygen atoms in total. The lowest BCUT2D eigenvalue weighted by molar-refractivity contribution is -0.129. The van der Waals surface area contributed by atoms with Crippen molar-refractivity contribution in [3.8, 4) is 5.75 Å². The summed E-state index contributed by atoms with van der Waals surface area (Å²) in [6.45, 7) is 9.95. The van der Waals surface area contributed by atoms with Crippen molar-refractivity contribution >= 4 is 11.6 Å². The van der Waals surface area contributed by atoms with Gasteiger partial charge >= 0.3 is 0 Å². The van der Waals surface area contributed by atoms with E-state index in [9.17, 15) is 4.79 Å². The molecule has 1 aromatic rings. The minimum Gasteiger partial charge on any atom is -0.480 e. The second kappa shape index (κ2) is 8.38. The molecule has 1 heterocycles. The molecule has 1 aromatic carbocycles. The van der Waals surface area contributed by atoms with Crippen molar-refractivity contribution < 1.29 is 9.53 Å². The van der Waals surface area contributed by atoms with E-state index in [2.05, 4.69) is 17.6 Å². The largest absolute Gasteiger partial charge is 0.480 e. The van der Waals surface area contributed by atoms with Gasteiger partial charge in [-0.25, -0.2) is 0 Å². The fourth-order valence-corrected chi connectivity index (χ4v) is 3.11. The minimum atomic E-state index is -0.453. The van der Waals surface area contributed by atoms with E-state index in [-0.39, 0.29) is 11.9 Å². The highest BCUT2D eigenvalue weighted by Gasteiger charge is 2.24. The lowest BCUT2D eigenvalue weighted by atomic mass is 10.0. The predicted molar refractivity (Wildman–Crippen MR) is 98.4 cm³/mol. The Balaban J connectivity index is 2.11. The number of ether oxygens (including phenoxy) is 1. The number of nitrogens with two attached hydrogens (primary N) is 1. The van der Waals surface area contributed by atoms with Crippen molar-refractivity contribution in [2.45, 2.75) is 65.5 Å². The third-order valence-electron chi connectivity index (χ3n) is 4.91. The van der Waals surface area contributed by atoms with Gasteiger partial charge in [0, 0.05) is 11.7 Å². The van der Waals surface area contributed by atoms with Gasteiger partial charge in [-0.05, 0) is 75.9 Å². The van der Waals surface area contributed by atoms with Crippen molar-refractivity contribution in [2.24, 2.45) is 0 Å². The first kappa shape index (κ1) is 18.6. The van der Waals surface area contributed by atoms with Gasteiger partial charge in [-0.1, -0.05) is 13.3 Å². The van der Waals surface area contributed by atoms with Gasteiger partial charge in [0.2, 0.25) is 0 Å². The molecule has 5 heteroatoms. The Morgan fingerprint density at radius 2 is 2.00 bits per heavy atom. The summed E-state index contributed by atoms with van der Waals surface area (Å²) in [5.74, 6) is 0.758. The van der Waals surface area contributed by atoms with Crippen molar-refractivity contribution in [3.05, 3.63) is 22.8 Å². The van der Waals surface area contributed by atoms with Crippen LogP contribution in [0.4, 0.5) is 5.69 Å². The molecule has 2 rings (SSSR count). The average Bonchev–Trinajstić information content (AvgIpc) is 2.58. The molecule has 0 saturated carbocycles. The van der Waals surface area contributed by atoms with Crippen LogP contribution in [0.15, 0.2) is 6.07 Å². The van der Waals surface area contributed by atoms with Crippen molar-refractivity contribution in [1.29, 1.82) is 0 Å². The summed E-state index contributed by atoms with van der Waals surface area (Å²) >= 11 is 0. The quantitative estimate of drug-likeness (QED) is 0.700. The molecule has 4 N–H and O–H groups in total. The lowest BCUT2D eigenvalue weighted by Crippen LogP contribution is -2.47. The smallest absolute Gasteiger partial charge is 0.261 e. The Labute approximate surface area is 145 Å². The van der Waals surface area contributed by atoms with E-state index in [1.165, 1.54) is 0 Å². The van der Waals surface area contributed by atoms with Crippen LogP contribution in [0.1, 0.15) is 49.3 Å². The number of aryl methyl sites for hydroxylation is 1. The zero-order chi connectivity index (χ0) is 17.7. The van der Waals surface area contributed by atoms with Gasteiger partial charge in [-0.2, -0.15) is 0 Å². The Hall–Kier alpha value is -1.75. The molecule has 0 radical (unpaired) electrons. The normalized spacial score (nSPS) is 16.7. The Bertz CT molecular complexity index is 580. The minimum absolute atomic E-state index is 0.00437. The number of nitrogens with one attached hydrogen (secondary N) is 2. The van der Waals surface area contributed by atoms with Crippen molar-refractivity contribution in [1.82, 2.24) is 10.6 Å². The summed E-state index contributed by atoms with van der Waals surface area (Å²) in [6, 6.07) is 2.19. The Morgan fingerprint density at radius 3 is 2.62 bits per heavy atom. The molecule has 24 heavy (non-hydrogen) atoms. The number of anilines is 1. The maximum atomic E-state index is 12.7. The van der Waals surface area contributed by atoms with Crippen LogP contribution >= 0.6 is 0 Å². The highest BCUT2D eigenvalue weighted by molar-refractivity contribution is 5.81. The van der Waals surface area contributed by atoms with Gasteiger partial charge in [0.15, 0.2) is 6.10 Å². The Kier molecular flexibility index (Phi) is 6.49. The van der Waals surface area contributed by atoms with Crippen LogP contribution in [-0.2, 0) is 4.79 Å². The third kappa shape index (κ3) is 4.41. The molecule has 0 spiro atoms. The fraction of sp³-hybridized carbons (Fsp3) is 0.632. The van der Waals surface area contributed by atoms with E-state index in [0.717, 1.165) is 60.5 Å². The highest BCUT2D eigenvalue weighted by Crippen LogP contribution is 2.30. The summed E-state index contributed by atoms with van der Waals surface area (Å²) in [5.41, 5.74) is 9.90. The second-order valence-electron chi connectivity index (χ2n) is 6.78. The van der Waals surface area contributed by atoms with Crippen LogP contribution < -0.4 is 21.1 Å². The molecule has 1 aliphatic rings. The van der Waals surface area contributed by atoms with Gasteiger partial charge in [-0.3, -0.25) is 4.79 Å². The van der Waals surface area contributed by atoms with E-state index in [1.54, 1.807) is 0 Å². The van der Waals surface area contributed by atoms with Crippen LogP contribution in [0.25, 0.3) is 0 Å². The van der Waals surface area contributed by atoms with Crippen LogP contribution in [0, 0.1) is 20.8 Å². The fourth-order valence-electron chi connectivity index (χ4n) is 3.11. The molecule has 0 aromatic heterocycles. The molecule has 1 atom stereocenters. The average molecular weight is 333 g/mol. The monoisotopic (exact) mass is 333 g/mol. The number of rotatable bonds is 6. The van der Waals surface area contributed by atoms with Gasteiger partial charge in [-0.15, -0.1) is 0 Å². The first-order chi connectivity index (χ1) is 11.4.